The van der Waals surface area contributed by atoms with Gasteiger partial charge in [-0.05, 0) is 50.6 Å². The van der Waals surface area contributed by atoms with Crippen molar-refractivity contribution in [1.29, 1.82) is 0 Å². The van der Waals surface area contributed by atoms with Gasteiger partial charge in [-0.2, -0.15) is 4.98 Å². The predicted octanol–water partition coefficient (Wildman–Crippen LogP) is 4.32. The summed E-state index contributed by atoms with van der Waals surface area (Å²) in [5, 5.41) is 6.58. The summed E-state index contributed by atoms with van der Waals surface area (Å²) in [4.78, 5) is 13.1. The van der Waals surface area contributed by atoms with Crippen LogP contribution in [0.2, 0.25) is 0 Å². The molecule has 0 bridgehead atoms. The minimum absolute atomic E-state index is 0.0916. The number of aromatic nitrogens is 3. The third-order valence-electron chi connectivity index (χ3n) is 3.57. The molecule has 3 rings (SSSR count). The number of pyridine rings is 1. The minimum Gasteiger partial charge on any atom is -0.489 e. The SMILES string of the molecule is Cc1cc(NCc2ccncc2)nc(Nc2ccccc2OC(C)C)n1. The Morgan fingerprint density at radius 3 is 2.58 bits per heavy atom. The Morgan fingerprint density at radius 2 is 1.81 bits per heavy atom. The van der Waals surface area contributed by atoms with Gasteiger partial charge < -0.3 is 15.4 Å². The van der Waals surface area contributed by atoms with Gasteiger partial charge in [0.2, 0.25) is 5.95 Å². The molecule has 0 saturated heterocycles. The van der Waals surface area contributed by atoms with Gasteiger partial charge in [0.15, 0.2) is 0 Å². The summed E-state index contributed by atoms with van der Waals surface area (Å²) in [6, 6.07) is 13.6. The maximum absolute atomic E-state index is 5.84. The molecule has 0 amide bonds. The number of anilines is 3. The Hall–Kier alpha value is -3.15. The number of nitrogens with one attached hydrogen (secondary N) is 2. The first-order valence-electron chi connectivity index (χ1n) is 8.61. The molecule has 0 atom stereocenters. The first-order valence-corrected chi connectivity index (χ1v) is 8.61. The maximum Gasteiger partial charge on any atom is 0.229 e. The lowest BCUT2D eigenvalue weighted by molar-refractivity contribution is 0.244. The molecule has 0 aliphatic rings. The summed E-state index contributed by atoms with van der Waals surface area (Å²) in [5.41, 5.74) is 2.86. The van der Waals surface area contributed by atoms with Crippen LogP contribution >= 0.6 is 0 Å². The van der Waals surface area contributed by atoms with Crippen LogP contribution in [0.15, 0.2) is 54.9 Å². The third-order valence-corrected chi connectivity index (χ3v) is 3.57. The number of aryl methyl sites for hydroxylation is 1. The summed E-state index contributed by atoms with van der Waals surface area (Å²) in [6.45, 7) is 6.62. The van der Waals surface area contributed by atoms with E-state index in [1.165, 1.54) is 0 Å². The molecular formula is C20H23N5O. The highest BCUT2D eigenvalue weighted by Gasteiger charge is 2.08. The molecule has 2 N–H and O–H groups in total. The van der Waals surface area contributed by atoms with Gasteiger partial charge in [0.05, 0.1) is 11.8 Å². The fraction of sp³-hybridized carbons (Fsp3) is 0.250. The van der Waals surface area contributed by atoms with Crippen molar-refractivity contribution in [2.75, 3.05) is 10.6 Å². The summed E-state index contributed by atoms with van der Waals surface area (Å²) in [6.07, 6.45) is 3.65. The fourth-order valence-corrected chi connectivity index (χ4v) is 2.46. The molecule has 0 unspecified atom stereocenters. The van der Waals surface area contributed by atoms with Crippen LogP contribution in [0, 0.1) is 6.92 Å². The van der Waals surface area contributed by atoms with Gasteiger partial charge >= 0.3 is 0 Å². The zero-order chi connectivity index (χ0) is 18.4. The number of hydrogen-bond acceptors (Lipinski definition) is 6. The second-order valence-electron chi connectivity index (χ2n) is 6.21. The van der Waals surface area contributed by atoms with Crippen LogP contribution in [0.1, 0.15) is 25.1 Å². The quantitative estimate of drug-likeness (QED) is 0.662. The predicted molar refractivity (Wildman–Crippen MR) is 104 cm³/mol. The summed E-state index contributed by atoms with van der Waals surface area (Å²) < 4.78 is 5.84. The van der Waals surface area contributed by atoms with Gasteiger partial charge in [0, 0.05) is 30.7 Å². The van der Waals surface area contributed by atoms with E-state index in [-0.39, 0.29) is 6.10 Å². The molecule has 2 heterocycles. The van der Waals surface area contributed by atoms with Crippen molar-refractivity contribution in [1.82, 2.24) is 15.0 Å². The third kappa shape index (κ3) is 4.92. The van der Waals surface area contributed by atoms with Crippen molar-refractivity contribution in [3.05, 3.63) is 66.1 Å². The van der Waals surface area contributed by atoms with Crippen LogP contribution < -0.4 is 15.4 Å². The van der Waals surface area contributed by atoms with Crippen molar-refractivity contribution in [2.24, 2.45) is 0 Å². The van der Waals surface area contributed by atoms with Crippen LogP contribution in [-0.2, 0) is 6.54 Å². The zero-order valence-corrected chi connectivity index (χ0v) is 15.2. The van der Waals surface area contributed by atoms with Crippen LogP contribution in [0.3, 0.4) is 0 Å². The average molecular weight is 349 g/mol. The van der Waals surface area contributed by atoms with Crippen molar-refractivity contribution in [2.45, 2.75) is 33.4 Å². The number of nitrogens with zero attached hydrogens (tertiary/aromatic N) is 3. The number of para-hydroxylation sites is 2. The molecule has 0 saturated carbocycles. The zero-order valence-electron chi connectivity index (χ0n) is 15.2. The molecule has 6 heteroatoms. The van der Waals surface area contributed by atoms with E-state index in [0.29, 0.717) is 12.5 Å². The monoisotopic (exact) mass is 349 g/mol. The van der Waals surface area contributed by atoms with Crippen molar-refractivity contribution in [3.8, 4) is 5.75 Å². The number of ether oxygens (including phenoxy) is 1. The number of benzene rings is 1. The standard InChI is InChI=1S/C20H23N5O/c1-14(2)26-18-7-5-4-6-17(18)24-20-23-15(3)12-19(25-20)22-13-16-8-10-21-11-9-16/h4-12,14H,13H2,1-3H3,(H2,22,23,24,25). The van der Waals surface area contributed by atoms with Crippen LogP contribution in [0.25, 0.3) is 0 Å². The van der Waals surface area contributed by atoms with E-state index >= 15 is 0 Å². The lowest BCUT2D eigenvalue weighted by atomic mass is 10.2. The molecular weight excluding hydrogens is 326 g/mol. The Morgan fingerprint density at radius 1 is 1.04 bits per heavy atom. The van der Waals surface area contributed by atoms with Gasteiger partial charge in [-0.15, -0.1) is 0 Å². The van der Waals surface area contributed by atoms with E-state index in [4.69, 9.17) is 4.74 Å². The number of hydrogen-bond donors (Lipinski definition) is 2. The summed E-state index contributed by atoms with van der Waals surface area (Å²) in [5.74, 6) is 2.07. The molecule has 0 aliphatic heterocycles. The van der Waals surface area contributed by atoms with Gasteiger partial charge in [-0.25, -0.2) is 4.98 Å². The van der Waals surface area contributed by atoms with Gasteiger partial charge in [0.1, 0.15) is 11.6 Å². The highest BCUT2D eigenvalue weighted by molar-refractivity contribution is 5.63. The normalized spacial score (nSPS) is 10.6. The Kier molecular flexibility index (Phi) is 5.63. The van der Waals surface area contributed by atoms with E-state index in [0.717, 1.165) is 28.5 Å². The number of rotatable bonds is 7. The van der Waals surface area contributed by atoms with Gasteiger partial charge in [0.25, 0.3) is 0 Å². The Labute approximate surface area is 153 Å². The first kappa shape index (κ1) is 17.7. The summed E-state index contributed by atoms with van der Waals surface area (Å²) >= 11 is 0. The largest absolute Gasteiger partial charge is 0.489 e. The van der Waals surface area contributed by atoms with Crippen molar-refractivity contribution in [3.63, 3.8) is 0 Å². The van der Waals surface area contributed by atoms with E-state index in [1.54, 1.807) is 12.4 Å². The highest BCUT2D eigenvalue weighted by atomic mass is 16.5. The maximum atomic E-state index is 5.84. The van der Waals surface area contributed by atoms with Crippen LogP contribution in [-0.4, -0.2) is 21.1 Å². The minimum atomic E-state index is 0.0916. The lowest BCUT2D eigenvalue weighted by Crippen LogP contribution is -2.09. The second kappa shape index (κ2) is 8.29. The molecule has 0 fully saturated rings. The van der Waals surface area contributed by atoms with E-state index in [9.17, 15) is 0 Å². The Balaban J connectivity index is 1.76. The van der Waals surface area contributed by atoms with Crippen LogP contribution in [0.4, 0.5) is 17.5 Å². The Bertz CT molecular complexity index is 852. The van der Waals surface area contributed by atoms with Crippen molar-refractivity contribution < 1.29 is 4.74 Å². The van der Waals surface area contributed by atoms with Gasteiger partial charge in [-0.1, -0.05) is 12.1 Å². The second-order valence-corrected chi connectivity index (χ2v) is 6.21. The highest BCUT2D eigenvalue weighted by Crippen LogP contribution is 2.27. The smallest absolute Gasteiger partial charge is 0.229 e. The molecule has 1 aromatic carbocycles. The molecule has 2 aromatic heterocycles. The summed E-state index contributed by atoms with van der Waals surface area (Å²) in [7, 11) is 0. The molecule has 26 heavy (non-hydrogen) atoms. The lowest BCUT2D eigenvalue weighted by Gasteiger charge is -2.15. The topological polar surface area (TPSA) is 72.0 Å². The van der Waals surface area contributed by atoms with E-state index in [2.05, 4.69) is 25.6 Å². The average Bonchev–Trinajstić information content (AvgIpc) is 2.62. The molecule has 0 radical (unpaired) electrons. The van der Waals surface area contributed by atoms with E-state index in [1.807, 2.05) is 63.2 Å². The molecule has 134 valence electrons. The van der Waals surface area contributed by atoms with Gasteiger partial charge in [-0.3, -0.25) is 4.98 Å². The van der Waals surface area contributed by atoms with E-state index < -0.39 is 0 Å². The van der Waals surface area contributed by atoms with Crippen LogP contribution in [0.5, 0.6) is 5.75 Å². The molecule has 6 nitrogen and oxygen atoms in total. The molecule has 3 aromatic rings. The molecule has 0 spiro atoms. The first-order chi connectivity index (χ1) is 12.6. The fourth-order valence-electron chi connectivity index (χ4n) is 2.46. The molecule has 0 aliphatic carbocycles. The van der Waals surface area contributed by atoms with Crippen molar-refractivity contribution >= 4 is 17.5 Å².